The highest BCUT2D eigenvalue weighted by Crippen LogP contribution is 2.31. The first kappa shape index (κ1) is 17.6. The molecule has 1 aliphatic carbocycles. The standard InChI is InChI=1S/C18H21N3O3S/c1-20(13-15-6-3-2-4-7-15)18(22)14-21(16-9-10-16)25(23,24)17-8-5-11-19-12-17/h2-8,11-12,16H,9-10,13-14H2,1H3. The minimum absolute atomic E-state index is 0.0979. The number of likely N-dealkylation sites (N-methyl/N-ethyl adjacent to an activating group) is 1. The fourth-order valence-electron chi connectivity index (χ4n) is 2.61. The summed E-state index contributed by atoms with van der Waals surface area (Å²) in [6, 6.07) is 12.6. The molecule has 1 fully saturated rings. The van der Waals surface area contributed by atoms with Gasteiger partial charge in [0, 0.05) is 32.0 Å². The summed E-state index contributed by atoms with van der Waals surface area (Å²) in [5.41, 5.74) is 1.01. The fraction of sp³-hybridized carbons (Fsp3) is 0.333. The van der Waals surface area contributed by atoms with Crippen LogP contribution in [-0.4, -0.2) is 48.1 Å². The molecular formula is C18H21N3O3S. The second-order valence-electron chi connectivity index (χ2n) is 6.21. The van der Waals surface area contributed by atoms with Gasteiger partial charge in [-0.1, -0.05) is 30.3 Å². The van der Waals surface area contributed by atoms with Gasteiger partial charge in [-0.15, -0.1) is 0 Å². The summed E-state index contributed by atoms with van der Waals surface area (Å²) in [6.07, 6.45) is 4.42. The molecule has 0 radical (unpaired) electrons. The quantitative estimate of drug-likeness (QED) is 0.757. The Morgan fingerprint density at radius 2 is 1.88 bits per heavy atom. The second-order valence-corrected chi connectivity index (χ2v) is 8.10. The van der Waals surface area contributed by atoms with Gasteiger partial charge in [-0.2, -0.15) is 4.31 Å². The molecule has 0 N–H and O–H groups in total. The lowest BCUT2D eigenvalue weighted by atomic mass is 10.2. The normalized spacial score (nSPS) is 14.5. The molecule has 1 heterocycles. The van der Waals surface area contributed by atoms with Crippen LogP contribution >= 0.6 is 0 Å². The van der Waals surface area contributed by atoms with Gasteiger partial charge in [-0.25, -0.2) is 8.42 Å². The summed E-state index contributed by atoms with van der Waals surface area (Å²) in [5.74, 6) is -0.219. The molecule has 0 atom stereocenters. The maximum absolute atomic E-state index is 12.8. The molecule has 0 bridgehead atoms. The van der Waals surface area contributed by atoms with Crippen LogP contribution in [0.15, 0.2) is 59.8 Å². The SMILES string of the molecule is CN(Cc1ccccc1)C(=O)CN(C1CC1)S(=O)(=O)c1cccnc1. The van der Waals surface area contributed by atoms with Gasteiger partial charge in [-0.05, 0) is 30.5 Å². The minimum atomic E-state index is -3.72. The van der Waals surface area contributed by atoms with E-state index in [-0.39, 0.29) is 23.4 Å². The fourth-order valence-corrected chi connectivity index (χ4v) is 4.21. The number of rotatable bonds is 7. The predicted molar refractivity (Wildman–Crippen MR) is 94.1 cm³/mol. The maximum Gasteiger partial charge on any atom is 0.245 e. The van der Waals surface area contributed by atoms with Crippen molar-refractivity contribution in [3.63, 3.8) is 0 Å². The van der Waals surface area contributed by atoms with Gasteiger partial charge in [0.1, 0.15) is 4.90 Å². The summed E-state index contributed by atoms with van der Waals surface area (Å²) in [7, 11) is -2.02. The molecule has 25 heavy (non-hydrogen) atoms. The Labute approximate surface area is 148 Å². The van der Waals surface area contributed by atoms with Crippen LogP contribution in [0.4, 0.5) is 0 Å². The Balaban J connectivity index is 1.73. The minimum Gasteiger partial charge on any atom is -0.340 e. The maximum atomic E-state index is 12.8. The molecule has 0 aliphatic heterocycles. The first-order valence-electron chi connectivity index (χ1n) is 8.18. The Hall–Kier alpha value is -2.25. The van der Waals surface area contributed by atoms with Crippen LogP contribution in [0.5, 0.6) is 0 Å². The highest BCUT2D eigenvalue weighted by atomic mass is 32.2. The van der Waals surface area contributed by atoms with E-state index in [4.69, 9.17) is 0 Å². The van der Waals surface area contributed by atoms with Crippen molar-refractivity contribution in [1.29, 1.82) is 0 Å². The van der Waals surface area contributed by atoms with Gasteiger partial charge < -0.3 is 4.90 Å². The Bertz CT molecular complexity index is 821. The number of benzene rings is 1. The third-order valence-corrected chi connectivity index (χ3v) is 6.06. The van der Waals surface area contributed by atoms with Gasteiger partial charge in [0.15, 0.2) is 0 Å². The van der Waals surface area contributed by atoms with Crippen LogP contribution in [-0.2, 0) is 21.4 Å². The van der Waals surface area contributed by atoms with Crippen LogP contribution in [0, 0.1) is 0 Å². The van der Waals surface area contributed by atoms with E-state index < -0.39 is 10.0 Å². The summed E-state index contributed by atoms with van der Waals surface area (Å²) in [4.78, 5) is 18.1. The van der Waals surface area contributed by atoms with E-state index >= 15 is 0 Å². The number of carbonyl (C=O) groups excluding carboxylic acids is 1. The number of aromatic nitrogens is 1. The monoisotopic (exact) mass is 359 g/mol. The van der Waals surface area contributed by atoms with Gasteiger partial charge in [0.05, 0.1) is 6.54 Å². The van der Waals surface area contributed by atoms with Crippen molar-refractivity contribution in [3.05, 3.63) is 60.4 Å². The van der Waals surface area contributed by atoms with Crippen molar-refractivity contribution in [1.82, 2.24) is 14.2 Å². The molecule has 1 aliphatic rings. The van der Waals surface area contributed by atoms with Crippen molar-refractivity contribution in [3.8, 4) is 0 Å². The Morgan fingerprint density at radius 1 is 1.16 bits per heavy atom. The van der Waals surface area contributed by atoms with E-state index in [0.29, 0.717) is 6.54 Å². The van der Waals surface area contributed by atoms with Gasteiger partial charge in [-0.3, -0.25) is 9.78 Å². The third kappa shape index (κ3) is 4.24. The summed E-state index contributed by atoms with van der Waals surface area (Å²) in [5, 5.41) is 0. The summed E-state index contributed by atoms with van der Waals surface area (Å²) < 4.78 is 27.0. The first-order valence-corrected chi connectivity index (χ1v) is 9.62. The van der Waals surface area contributed by atoms with Gasteiger partial charge >= 0.3 is 0 Å². The summed E-state index contributed by atoms with van der Waals surface area (Å²) in [6.45, 7) is 0.302. The Kier molecular flexibility index (Phi) is 5.15. The molecule has 0 spiro atoms. The van der Waals surface area contributed by atoms with E-state index in [2.05, 4.69) is 4.98 Å². The van der Waals surface area contributed by atoms with Crippen molar-refractivity contribution in [2.24, 2.45) is 0 Å². The molecule has 3 rings (SSSR count). The van der Waals surface area contributed by atoms with Crippen molar-refractivity contribution in [2.45, 2.75) is 30.3 Å². The summed E-state index contributed by atoms with van der Waals surface area (Å²) >= 11 is 0. The van der Waals surface area contributed by atoms with Crippen molar-refractivity contribution in [2.75, 3.05) is 13.6 Å². The molecule has 1 aromatic heterocycles. The van der Waals surface area contributed by atoms with Crippen molar-refractivity contribution >= 4 is 15.9 Å². The highest BCUT2D eigenvalue weighted by molar-refractivity contribution is 7.89. The zero-order valence-corrected chi connectivity index (χ0v) is 14.9. The van der Waals surface area contributed by atoms with Gasteiger partial charge in [0.25, 0.3) is 0 Å². The van der Waals surface area contributed by atoms with Crippen molar-refractivity contribution < 1.29 is 13.2 Å². The first-order chi connectivity index (χ1) is 12.0. The van der Waals surface area contributed by atoms with E-state index in [1.807, 2.05) is 30.3 Å². The molecule has 132 valence electrons. The zero-order chi connectivity index (χ0) is 17.9. The average Bonchev–Trinajstić information content (AvgIpc) is 3.45. The third-order valence-electron chi connectivity index (χ3n) is 4.17. The van der Waals surface area contributed by atoms with Crippen LogP contribution in [0.2, 0.25) is 0 Å². The average molecular weight is 359 g/mol. The Morgan fingerprint density at radius 3 is 2.48 bits per heavy atom. The molecular weight excluding hydrogens is 338 g/mol. The zero-order valence-electron chi connectivity index (χ0n) is 14.1. The lowest BCUT2D eigenvalue weighted by molar-refractivity contribution is -0.130. The van der Waals surface area contributed by atoms with E-state index in [1.54, 1.807) is 18.0 Å². The number of sulfonamides is 1. The van der Waals surface area contributed by atoms with E-state index in [0.717, 1.165) is 18.4 Å². The molecule has 1 saturated carbocycles. The molecule has 1 amide bonds. The lowest BCUT2D eigenvalue weighted by Crippen LogP contribution is -2.42. The number of nitrogens with zero attached hydrogens (tertiary/aromatic N) is 3. The van der Waals surface area contributed by atoms with Crippen LogP contribution in [0.1, 0.15) is 18.4 Å². The number of amides is 1. The molecule has 0 saturated heterocycles. The van der Waals surface area contributed by atoms with E-state index in [1.165, 1.54) is 22.8 Å². The number of carbonyl (C=O) groups is 1. The molecule has 7 heteroatoms. The lowest BCUT2D eigenvalue weighted by Gasteiger charge is -2.24. The van der Waals surface area contributed by atoms with Crippen LogP contribution in [0.25, 0.3) is 0 Å². The number of pyridine rings is 1. The molecule has 1 aromatic carbocycles. The number of hydrogen-bond acceptors (Lipinski definition) is 4. The predicted octanol–water partition coefficient (Wildman–Crippen LogP) is 1.89. The molecule has 6 nitrogen and oxygen atoms in total. The number of hydrogen-bond donors (Lipinski definition) is 0. The molecule has 2 aromatic rings. The topological polar surface area (TPSA) is 70.6 Å². The second kappa shape index (κ2) is 7.33. The van der Waals surface area contributed by atoms with E-state index in [9.17, 15) is 13.2 Å². The largest absolute Gasteiger partial charge is 0.340 e. The highest BCUT2D eigenvalue weighted by Gasteiger charge is 2.39. The smallest absolute Gasteiger partial charge is 0.245 e. The van der Waals surface area contributed by atoms with Gasteiger partial charge in [0.2, 0.25) is 15.9 Å². The van der Waals surface area contributed by atoms with Crippen LogP contribution in [0.3, 0.4) is 0 Å². The molecule has 0 unspecified atom stereocenters. The van der Waals surface area contributed by atoms with Crippen LogP contribution < -0.4 is 0 Å².